The normalized spacial score (nSPS) is 11.0. The number of nitrogens with one attached hydrogen (secondary N) is 1. The summed E-state index contributed by atoms with van der Waals surface area (Å²) in [6, 6.07) is 25.3. The smallest absolute Gasteiger partial charge is 0.267 e. The van der Waals surface area contributed by atoms with Crippen molar-refractivity contribution in [1.29, 1.82) is 0 Å². The molecule has 0 saturated heterocycles. The highest BCUT2D eigenvalue weighted by Gasteiger charge is 2.22. The summed E-state index contributed by atoms with van der Waals surface area (Å²) in [5, 5.41) is 4.36. The number of fused-ring (bicyclic) bond motifs is 1. The molecule has 0 aliphatic heterocycles. The molecule has 7 heteroatoms. The number of anilines is 2. The average molecular weight is 549 g/mol. The molecule has 5 rings (SSSR count). The minimum atomic E-state index is -0.272. The SMILES string of the molecule is Cc1ccc(-c2cc(-c3ccc(Cl)cc3)c3c(N)c(C(=O)Nc4ccccc4Br)sc3n2)cc1. The third kappa shape index (κ3) is 4.32. The van der Waals surface area contributed by atoms with E-state index in [0.717, 1.165) is 32.2 Å². The molecular formula is C27H19BrClN3OS. The number of para-hydroxylation sites is 1. The van der Waals surface area contributed by atoms with E-state index in [4.69, 9.17) is 22.3 Å². The highest BCUT2D eigenvalue weighted by atomic mass is 79.9. The fourth-order valence-corrected chi connectivity index (χ4v) is 5.29. The quantitative estimate of drug-likeness (QED) is 0.238. The second-order valence-electron chi connectivity index (χ2n) is 7.89. The largest absolute Gasteiger partial charge is 0.397 e. The zero-order chi connectivity index (χ0) is 23.8. The van der Waals surface area contributed by atoms with Crippen LogP contribution in [0.4, 0.5) is 11.4 Å². The summed E-state index contributed by atoms with van der Waals surface area (Å²) < 4.78 is 0.796. The number of nitrogens with zero attached hydrogens (tertiary/aromatic N) is 1. The fourth-order valence-electron chi connectivity index (χ4n) is 3.76. The molecule has 0 aliphatic rings. The molecule has 2 heterocycles. The lowest BCUT2D eigenvalue weighted by atomic mass is 9.99. The molecule has 3 aromatic carbocycles. The van der Waals surface area contributed by atoms with Gasteiger partial charge in [0.25, 0.3) is 5.91 Å². The highest BCUT2D eigenvalue weighted by molar-refractivity contribution is 9.10. The van der Waals surface area contributed by atoms with Gasteiger partial charge in [-0.15, -0.1) is 11.3 Å². The Bertz CT molecular complexity index is 1530. The van der Waals surface area contributed by atoms with Gasteiger partial charge >= 0.3 is 0 Å². The minimum Gasteiger partial charge on any atom is -0.397 e. The molecule has 3 N–H and O–H groups in total. The summed E-state index contributed by atoms with van der Waals surface area (Å²) in [7, 11) is 0. The van der Waals surface area contributed by atoms with Gasteiger partial charge in [-0.2, -0.15) is 0 Å². The van der Waals surface area contributed by atoms with Crippen molar-refractivity contribution in [2.24, 2.45) is 0 Å². The van der Waals surface area contributed by atoms with Crippen LogP contribution in [0.15, 0.2) is 83.3 Å². The number of halogens is 2. The number of rotatable bonds is 4. The zero-order valence-corrected chi connectivity index (χ0v) is 21.3. The van der Waals surface area contributed by atoms with Crippen molar-refractivity contribution < 1.29 is 4.79 Å². The van der Waals surface area contributed by atoms with Crippen molar-refractivity contribution in [2.75, 3.05) is 11.1 Å². The Hall–Kier alpha value is -3.19. The van der Waals surface area contributed by atoms with Gasteiger partial charge in [-0.25, -0.2) is 4.98 Å². The van der Waals surface area contributed by atoms with Crippen LogP contribution < -0.4 is 11.1 Å². The molecule has 0 spiro atoms. The van der Waals surface area contributed by atoms with Crippen LogP contribution in [0, 0.1) is 6.92 Å². The molecular weight excluding hydrogens is 530 g/mol. The van der Waals surface area contributed by atoms with Crippen LogP contribution in [-0.2, 0) is 0 Å². The number of nitrogens with two attached hydrogens (primary N) is 1. The first-order chi connectivity index (χ1) is 16.4. The minimum absolute atomic E-state index is 0.272. The topological polar surface area (TPSA) is 68.0 Å². The molecule has 168 valence electrons. The fraction of sp³-hybridized carbons (Fsp3) is 0.0370. The molecule has 0 bridgehead atoms. The van der Waals surface area contributed by atoms with E-state index in [1.54, 1.807) is 0 Å². The molecule has 2 aromatic heterocycles. The molecule has 1 amide bonds. The second-order valence-corrected chi connectivity index (χ2v) is 10.2. The van der Waals surface area contributed by atoms with Crippen LogP contribution in [0.25, 0.3) is 32.6 Å². The number of pyridine rings is 1. The Balaban J connectivity index is 1.68. The second kappa shape index (κ2) is 9.22. The van der Waals surface area contributed by atoms with Crippen LogP contribution in [-0.4, -0.2) is 10.9 Å². The monoisotopic (exact) mass is 547 g/mol. The van der Waals surface area contributed by atoms with Gasteiger partial charge in [0.15, 0.2) is 0 Å². The van der Waals surface area contributed by atoms with Crippen LogP contribution in [0.1, 0.15) is 15.2 Å². The first-order valence-electron chi connectivity index (χ1n) is 10.5. The Kier molecular flexibility index (Phi) is 6.13. The van der Waals surface area contributed by atoms with E-state index in [2.05, 4.69) is 40.3 Å². The van der Waals surface area contributed by atoms with Crippen LogP contribution in [0.2, 0.25) is 5.02 Å². The van der Waals surface area contributed by atoms with Gasteiger partial charge in [-0.1, -0.05) is 65.7 Å². The van der Waals surface area contributed by atoms with E-state index < -0.39 is 0 Å². The number of aryl methyl sites for hydroxylation is 1. The highest BCUT2D eigenvalue weighted by Crippen LogP contribution is 2.42. The standard InChI is InChI=1S/C27H19BrClN3OS/c1-15-6-8-17(9-7-15)22-14-19(16-10-12-18(29)13-11-16)23-24(30)25(34-27(23)32-22)26(33)31-21-5-3-2-4-20(21)28/h2-14H,30H2,1H3,(H,31,33). The van der Waals surface area contributed by atoms with Gasteiger partial charge in [0.05, 0.1) is 17.1 Å². The Morgan fingerprint density at radius 1 is 1.00 bits per heavy atom. The van der Waals surface area contributed by atoms with Crippen molar-refractivity contribution in [3.63, 3.8) is 0 Å². The van der Waals surface area contributed by atoms with Gasteiger partial charge in [0, 0.05) is 20.4 Å². The molecule has 0 saturated carbocycles. The lowest BCUT2D eigenvalue weighted by Gasteiger charge is -2.09. The zero-order valence-electron chi connectivity index (χ0n) is 18.1. The lowest BCUT2D eigenvalue weighted by Crippen LogP contribution is -2.12. The predicted molar refractivity (Wildman–Crippen MR) is 147 cm³/mol. The molecule has 0 fully saturated rings. The third-order valence-electron chi connectivity index (χ3n) is 5.53. The predicted octanol–water partition coefficient (Wildman–Crippen LogP) is 8.19. The number of hydrogen-bond acceptors (Lipinski definition) is 4. The molecule has 5 aromatic rings. The number of hydrogen-bond donors (Lipinski definition) is 2. The maximum atomic E-state index is 13.2. The van der Waals surface area contributed by atoms with E-state index in [1.165, 1.54) is 16.9 Å². The van der Waals surface area contributed by atoms with Gasteiger partial charge in [0.1, 0.15) is 9.71 Å². The first kappa shape index (κ1) is 22.6. The van der Waals surface area contributed by atoms with Crippen molar-refractivity contribution >= 4 is 66.4 Å². The van der Waals surface area contributed by atoms with Crippen LogP contribution >= 0.6 is 38.9 Å². The average Bonchev–Trinajstić information content (AvgIpc) is 3.17. The summed E-state index contributed by atoms with van der Waals surface area (Å²) in [4.78, 5) is 19.2. The van der Waals surface area contributed by atoms with Crippen molar-refractivity contribution in [3.05, 3.63) is 98.8 Å². The van der Waals surface area contributed by atoms with E-state index in [-0.39, 0.29) is 5.91 Å². The Morgan fingerprint density at radius 3 is 2.38 bits per heavy atom. The maximum absolute atomic E-state index is 13.2. The molecule has 4 nitrogen and oxygen atoms in total. The van der Waals surface area contributed by atoms with Gasteiger partial charge in [-0.3, -0.25) is 4.79 Å². The molecule has 0 radical (unpaired) electrons. The van der Waals surface area contributed by atoms with Crippen LogP contribution in [0.5, 0.6) is 0 Å². The lowest BCUT2D eigenvalue weighted by molar-refractivity contribution is 0.103. The van der Waals surface area contributed by atoms with E-state index in [9.17, 15) is 4.79 Å². The van der Waals surface area contributed by atoms with E-state index in [0.29, 0.717) is 26.1 Å². The van der Waals surface area contributed by atoms with Crippen molar-refractivity contribution in [3.8, 4) is 22.4 Å². The molecule has 34 heavy (non-hydrogen) atoms. The number of carbonyl (C=O) groups is 1. The summed E-state index contributed by atoms with van der Waals surface area (Å²) in [5.41, 5.74) is 12.5. The number of carbonyl (C=O) groups excluding carboxylic acids is 1. The number of amides is 1. The van der Waals surface area contributed by atoms with E-state index >= 15 is 0 Å². The van der Waals surface area contributed by atoms with Gasteiger partial charge in [-0.05, 0) is 64.3 Å². The Morgan fingerprint density at radius 2 is 1.68 bits per heavy atom. The summed E-state index contributed by atoms with van der Waals surface area (Å²) in [6.07, 6.45) is 0. The number of benzene rings is 3. The van der Waals surface area contributed by atoms with Crippen LogP contribution in [0.3, 0.4) is 0 Å². The van der Waals surface area contributed by atoms with Gasteiger partial charge in [0.2, 0.25) is 0 Å². The van der Waals surface area contributed by atoms with E-state index in [1.807, 2.05) is 66.7 Å². The number of thiophene rings is 1. The number of nitrogen functional groups attached to an aromatic ring is 1. The Labute approximate surface area is 214 Å². The third-order valence-corrected chi connectivity index (χ3v) is 7.57. The maximum Gasteiger partial charge on any atom is 0.267 e. The summed E-state index contributed by atoms with van der Waals surface area (Å²) >= 11 is 10.9. The first-order valence-corrected chi connectivity index (χ1v) is 12.5. The van der Waals surface area contributed by atoms with Crippen molar-refractivity contribution in [2.45, 2.75) is 6.92 Å². The molecule has 0 aliphatic carbocycles. The molecule has 0 unspecified atom stereocenters. The summed E-state index contributed by atoms with van der Waals surface area (Å²) in [5.74, 6) is -0.272. The summed E-state index contributed by atoms with van der Waals surface area (Å²) in [6.45, 7) is 2.05. The number of aromatic nitrogens is 1. The molecule has 0 atom stereocenters. The van der Waals surface area contributed by atoms with Crippen molar-refractivity contribution in [1.82, 2.24) is 4.98 Å². The van der Waals surface area contributed by atoms with Gasteiger partial charge < -0.3 is 11.1 Å².